The first-order chi connectivity index (χ1) is 15.0. The SMILES string of the molecule is C=CC(=O)NC1CCN(S(=O)(=O)c2ccc(Cc3cc4ccccc4cn3)cc2)CC1. The summed E-state index contributed by atoms with van der Waals surface area (Å²) >= 11 is 0. The van der Waals surface area contributed by atoms with E-state index in [2.05, 4.69) is 29.0 Å². The van der Waals surface area contributed by atoms with E-state index in [1.54, 1.807) is 12.1 Å². The van der Waals surface area contributed by atoms with E-state index < -0.39 is 10.0 Å². The van der Waals surface area contributed by atoms with Crippen LogP contribution in [0.5, 0.6) is 0 Å². The Morgan fingerprint density at radius 2 is 1.77 bits per heavy atom. The summed E-state index contributed by atoms with van der Waals surface area (Å²) in [6.45, 7) is 4.21. The van der Waals surface area contributed by atoms with E-state index in [9.17, 15) is 13.2 Å². The van der Waals surface area contributed by atoms with Crippen LogP contribution in [0.4, 0.5) is 0 Å². The van der Waals surface area contributed by atoms with Crippen LogP contribution in [0.15, 0.2) is 78.3 Å². The number of carbonyl (C=O) groups excluding carboxylic acids is 1. The Bertz CT molecular complexity index is 1200. The molecule has 1 aliphatic heterocycles. The zero-order chi connectivity index (χ0) is 21.8. The zero-order valence-electron chi connectivity index (χ0n) is 17.2. The molecule has 1 N–H and O–H groups in total. The van der Waals surface area contributed by atoms with Crippen molar-refractivity contribution in [1.29, 1.82) is 0 Å². The van der Waals surface area contributed by atoms with Crippen molar-refractivity contribution in [2.24, 2.45) is 0 Å². The molecule has 0 spiro atoms. The molecule has 0 aliphatic carbocycles. The fraction of sp³-hybridized carbons (Fsp3) is 0.250. The van der Waals surface area contributed by atoms with Crippen LogP contribution in [0.1, 0.15) is 24.1 Å². The van der Waals surface area contributed by atoms with Crippen molar-refractivity contribution in [2.45, 2.75) is 30.2 Å². The van der Waals surface area contributed by atoms with Crippen LogP contribution >= 0.6 is 0 Å². The van der Waals surface area contributed by atoms with Gasteiger partial charge in [0.25, 0.3) is 0 Å². The Hall–Kier alpha value is -3.03. The molecular formula is C24H25N3O3S. The summed E-state index contributed by atoms with van der Waals surface area (Å²) in [5, 5.41) is 5.07. The molecular weight excluding hydrogens is 410 g/mol. The molecule has 0 saturated carbocycles. The molecule has 2 heterocycles. The maximum atomic E-state index is 13.0. The highest BCUT2D eigenvalue weighted by atomic mass is 32.2. The number of amides is 1. The predicted octanol–water partition coefficient (Wildman–Crippen LogP) is 3.28. The standard InChI is InChI=1S/C24H25N3O3S/c1-2-24(28)26-21-11-13-27(14-12-21)31(29,30)23-9-7-18(8-10-23)15-22-16-19-5-3-4-6-20(19)17-25-22/h2-10,16-17,21H,1,11-15H2,(H,26,28). The second kappa shape index (κ2) is 8.99. The molecule has 1 fully saturated rings. The highest BCUT2D eigenvalue weighted by Gasteiger charge is 2.29. The van der Waals surface area contributed by atoms with Gasteiger partial charge in [0.15, 0.2) is 0 Å². The number of aromatic nitrogens is 1. The third-order valence-corrected chi connectivity index (χ3v) is 7.53. The Kier molecular flexibility index (Phi) is 6.15. The third kappa shape index (κ3) is 4.84. The number of nitrogens with zero attached hydrogens (tertiary/aromatic N) is 2. The lowest BCUT2D eigenvalue weighted by atomic mass is 10.1. The summed E-state index contributed by atoms with van der Waals surface area (Å²) < 4.78 is 27.5. The lowest BCUT2D eigenvalue weighted by Crippen LogP contribution is -2.46. The smallest absolute Gasteiger partial charge is 0.243 e. The van der Waals surface area contributed by atoms with Gasteiger partial charge in [-0.2, -0.15) is 4.31 Å². The van der Waals surface area contributed by atoms with Crippen molar-refractivity contribution in [3.63, 3.8) is 0 Å². The number of piperidine rings is 1. The summed E-state index contributed by atoms with van der Waals surface area (Å²) in [7, 11) is -3.55. The molecule has 0 unspecified atom stereocenters. The highest BCUT2D eigenvalue weighted by molar-refractivity contribution is 7.89. The lowest BCUT2D eigenvalue weighted by molar-refractivity contribution is -0.117. The molecule has 0 atom stereocenters. The fourth-order valence-corrected chi connectivity index (χ4v) is 5.33. The Labute approximate surface area is 182 Å². The number of benzene rings is 2. The van der Waals surface area contributed by atoms with Crippen LogP contribution in [0, 0.1) is 0 Å². The van der Waals surface area contributed by atoms with E-state index in [-0.39, 0.29) is 16.8 Å². The average Bonchev–Trinajstić information content (AvgIpc) is 2.79. The average molecular weight is 436 g/mol. The zero-order valence-corrected chi connectivity index (χ0v) is 18.0. The molecule has 4 rings (SSSR count). The first kappa shape index (κ1) is 21.2. The summed E-state index contributed by atoms with van der Waals surface area (Å²) in [6, 6.07) is 17.1. The second-order valence-electron chi connectivity index (χ2n) is 7.73. The number of rotatable bonds is 6. The van der Waals surface area contributed by atoms with Crippen molar-refractivity contribution in [2.75, 3.05) is 13.1 Å². The molecule has 1 aromatic heterocycles. The summed E-state index contributed by atoms with van der Waals surface area (Å²) in [4.78, 5) is 16.2. The van der Waals surface area contributed by atoms with Crippen LogP contribution in [0.25, 0.3) is 10.8 Å². The van der Waals surface area contributed by atoms with Gasteiger partial charge in [-0.15, -0.1) is 0 Å². The normalized spacial score (nSPS) is 15.6. The Balaban J connectivity index is 1.42. The van der Waals surface area contributed by atoms with Gasteiger partial charge < -0.3 is 5.32 Å². The van der Waals surface area contributed by atoms with Crippen molar-refractivity contribution >= 4 is 26.7 Å². The summed E-state index contributed by atoms with van der Waals surface area (Å²) in [5.74, 6) is -0.224. The van der Waals surface area contributed by atoms with Crippen LogP contribution in [0.2, 0.25) is 0 Å². The number of nitrogens with one attached hydrogen (secondary N) is 1. The van der Waals surface area contributed by atoms with Gasteiger partial charge >= 0.3 is 0 Å². The maximum absolute atomic E-state index is 13.0. The van der Waals surface area contributed by atoms with Crippen molar-refractivity contribution < 1.29 is 13.2 Å². The second-order valence-corrected chi connectivity index (χ2v) is 9.67. The fourth-order valence-electron chi connectivity index (χ4n) is 3.86. The number of sulfonamides is 1. The summed E-state index contributed by atoms with van der Waals surface area (Å²) in [6.07, 6.45) is 4.91. The molecule has 0 radical (unpaired) electrons. The van der Waals surface area contributed by atoms with E-state index in [4.69, 9.17) is 0 Å². The van der Waals surface area contributed by atoms with E-state index in [0.717, 1.165) is 22.0 Å². The molecule has 3 aromatic rings. The molecule has 160 valence electrons. The number of fused-ring (bicyclic) bond motifs is 1. The molecule has 31 heavy (non-hydrogen) atoms. The van der Waals surface area contributed by atoms with Crippen LogP contribution in [-0.4, -0.2) is 42.7 Å². The number of hydrogen-bond acceptors (Lipinski definition) is 4. The van der Waals surface area contributed by atoms with Gasteiger partial charge in [0.1, 0.15) is 0 Å². The molecule has 1 amide bonds. The maximum Gasteiger partial charge on any atom is 0.243 e. The van der Waals surface area contributed by atoms with Crippen LogP contribution in [-0.2, 0) is 21.2 Å². The van der Waals surface area contributed by atoms with Gasteiger partial charge in [-0.3, -0.25) is 9.78 Å². The minimum Gasteiger partial charge on any atom is -0.350 e. The third-order valence-electron chi connectivity index (χ3n) is 5.62. The number of carbonyl (C=O) groups is 1. The van der Waals surface area contributed by atoms with Gasteiger partial charge in [-0.1, -0.05) is 43.0 Å². The molecule has 1 aliphatic rings. The number of pyridine rings is 1. The monoisotopic (exact) mass is 435 g/mol. The molecule has 1 saturated heterocycles. The largest absolute Gasteiger partial charge is 0.350 e. The van der Waals surface area contributed by atoms with Gasteiger partial charge in [0.05, 0.1) is 4.90 Å². The minimum atomic E-state index is -3.55. The first-order valence-corrected chi connectivity index (χ1v) is 11.8. The Morgan fingerprint density at radius 3 is 2.45 bits per heavy atom. The van der Waals surface area contributed by atoms with E-state index >= 15 is 0 Å². The summed E-state index contributed by atoms with van der Waals surface area (Å²) in [5.41, 5.74) is 1.95. The van der Waals surface area contributed by atoms with Gasteiger partial charge in [-0.25, -0.2) is 8.42 Å². The topological polar surface area (TPSA) is 79.4 Å². The van der Waals surface area contributed by atoms with Gasteiger partial charge in [-0.05, 0) is 48.1 Å². The molecule has 7 heteroatoms. The molecule has 0 bridgehead atoms. The molecule has 2 aromatic carbocycles. The number of hydrogen-bond donors (Lipinski definition) is 1. The predicted molar refractivity (Wildman–Crippen MR) is 121 cm³/mol. The van der Waals surface area contributed by atoms with E-state index in [0.29, 0.717) is 32.4 Å². The lowest BCUT2D eigenvalue weighted by Gasteiger charge is -2.31. The Morgan fingerprint density at radius 1 is 1.10 bits per heavy atom. The van der Waals surface area contributed by atoms with Crippen molar-refractivity contribution in [3.8, 4) is 0 Å². The van der Waals surface area contributed by atoms with Crippen molar-refractivity contribution in [1.82, 2.24) is 14.6 Å². The quantitative estimate of drug-likeness (QED) is 0.603. The van der Waals surface area contributed by atoms with Crippen LogP contribution < -0.4 is 5.32 Å². The van der Waals surface area contributed by atoms with Gasteiger partial charge in [0.2, 0.25) is 15.9 Å². The highest BCUT2D eigenvalue weighted by Crippen LogP contribution is 2.22. The first-order valence-electron chi connectivity index (χ1n) is 10.3. The minimum absolute atomic E-state index is 0.0196. The van der Waals surface area contributed by atoms with Gasteiger partial charge in [0, 0.05) is 42.8 Å². The van der Waals surface area contributed by atoms with E-state index in [1.165, 1.54) is 10.4 Å². The van der Waals surface area contributed by atoms with Crippen LogP contribution in [0.3, 0.4) is 0 Å². The molecule has 6 nitrogen and oxygen atoms in total. The van der Waals surface area contributed by atoms with Crippen molar-refractivity contribution in [3.05, 3.63) is 84.7 Å². The van der Waals surface area contributed by atoms with E-state index in [1.807, 2.05) is 36.5 Å².